The van der Waals surface area contributed by atoms with E-state index in [2.05, 4.69) is 12.2 Å². The van der Waals surface area contributed by atoms with Crippen LogP contribution in [0.4, 0.5) is 5.69 Å². The van der Waals surface area contributed by atoms with Crippen LogP contribution in [0.5, 0.6) is 0 Å². The zero-order valence-corrected chi connectivity index (χ0v) is 17.4. The number of rotatable bonds is 6. The number of anilines is 1. The van der Waals surface area contributed by atoms with Crippen LogP contribution in [0.15, 0.2) is 42.5 Å². The zero-order valence-electron chi connectivity index (χ0n) is 16.6. The second-order valence-corrected chi connectivity index (χ2v) is 7.81. The predicted molar refractivity (Wildman–Crippen MR) is 115 cm³/mol. The van der Waals surface area contributed by atoms with E-state index >= 15 is 0 Å². The first kappa shape index (κ1) is 20.9. The van der Waals surface area contributed by atoms with Gasteiger partial charge in [0.05, 0.1) is 16.8 Å². The number of Topliss-reactive ketones (excluding diaryl/α,β-unsaturated/α-hetero) is 1. The van der Waals surface area contributed by atoms with E-state index in [1.807, 2.05) is 60.4 Å². The number of nitrogens with one attached hydrogen (secondary N) is 1. The molecule has 1 heterocycles. The van der Waals surface area contributed by atoms with Gasteiger partial charge in [0.1, 0.15) is 12.6 Å². The summed E-state index contributed by atoms with van der Waals surface area (Å²) >= 11 is 6.50. The summed E-state index contributed by atoms with van der Waals surface area (Å²) < 4.78 is 0. The second kappa shape index (κ2) is 9.11. The third kappa shape index (κ3) is 4.60. The minimum absolute atomic E-state index is 0.00580. The van der Waals surface area contributed by atoms with Crippen molar-refractivity contribution in [3.8, 4) is 17.2 Å². The second-order valence-electron chi connectivity index (χ2n) is 7.41. The molecule has 1 fully saturated rings. The molecule has 0 bridgehead atoms. The Morgan fingerprint density at radius 3 is 2.55 bits per heavy atom. The molecule has 0 unspecified atom stereocenters. The monoisotopic (exact) mass is 409 g/mol. The van der Waals surface area contributed by atoms with Gasteiger partial charge in [-0.15, -0.1) is 0 Å². The van der Waals surface area contributed by atoms with Gasteiger partial charge in [0.25, 0.3) is 0 Å². The molecule has 2 aromatic rings. The summed E-state index contributed by atoms with van der Waals surface area (Å²) in [7, 11) is 0. The molecule has 2 atom stereocenters. The van der Waals surface area contributed by atoms with E-state index < -0.39 is 0 Å². The van der Waals surface area contributed by atoms with Gasteiger partial charge in [-0.3, -0.25) is 9.59 Å². The van der Waals surface area contributed by atoms with Crippen molar-refractivity contribution in [1.29, 1.82) is 5.26 Å². The van der Waals surface area contributed by atoms with Crippen LogP contribution in [-0.2, 0) is 4.79 Å². The van der Waals surface area contributed by atoms with Crippen LogP contribution < -0.4 is 10.2 Å². The molecule has 0 aromatic heterocycles. The molecule has 29 heavy (non-hydrogen) atoms. The average molecular weight is 410 g/mol. The van der Waals surface area contributed by atoms with Gasteiger partial charge < -0.3 is 10.2 Å². The van der Waals surface area contributed by atoms with E-state index in [1.54, 1.807) is 0 Å². The lowest BCUT2D eigenvalue weighted by Crippen LogP contribution is -2.43. The number of benzene rings is 2. The molecule has 6 heteroatoms. The smallest absolute Gasteiger partial charge is 0.243 e. The molecule has 1 aliphatic heterocycles. The quantitative estimate of drug-likeness (QED) is 0.564. The molecule has 0 spiro atoms. The number of carbonyl (C=O) groups excluding carboxylic acids is 2. The van der Waals surface area contributed by atoms with Crippen LogP contribution in [-0.4, -0.2) is 30.8 Å². The maximum absolute atomic E-state index is 12.6. The third-order valence-electron chi connectivity index (χ3n) is 5.27. The lowest BCUT2D eigenvalue weighted by molar-refractivity contribution is -0.122. The molecule has 1 aliphatic rings. The summed E-state index contributed by atoms with van der Waals surface area (Å²) in [6, 6.07) is 14.9. The number of hydrogen-bond donors (Lipinski definition) is 1. The third-order valence-corrected chi connectivity index (χ3v) is 5.59. The highest BCUT2D eigenvalue weighted by Crippen LogP contribution is 2.37. The Bertz CT molecular complexity index is 950. The van der Waals surface area contributed by atoms with Crippen molar-refractivity contribution in [3.05, 3.63) is 53.1 Å². The van der Waals surface area contributed by atoms with Crippen LogP contribution in [0.2, 0.25) is 5.02 Å². The van der Waals surface area contributed by atoms with E-state index in [1.165, 1.54) is 0 Å². The molecular weight excluding hydrogens is 386 g/mol. The Balaban J connectivity index is 1.91. The largest absolute Gasteiger partial charge is 0.358 e. The molecule has 1 amide bonds. The van der Waals surface area contributed by atoms with Gasteiger partial charge in [-0.05, 0) is 35.6 Å². The Morgan fingerprint density at radius 2 is 1.90 bits per heavy atom. The summed E-state index contributed by atoms with van der Waals surface area (Å²) in [5.41, 5.74) is 3.45. The highest BCUT2D eigenvalue weighted by Gasteiger charge is 2.35. The van der Waals surface area contributed by atoms with Gasteiger partial charge in [-0.1, -0.05) is 55.8 Å². The summed E-state index contributed by atoms with van der Waals surface area (Å²) in [6.45, 7) is 4.67. The molecule has 150 valence electrons. The van der Waals surface area contributed by atoms with E-state index in [0.717, 1.165) is 23.4 Å². The molecule has 1 saturated heterocycles. The Labute approximate surface area is 176 Å². The SMILES string of the molecule is CCC(=O)c1ccc(-c2ccc(Cl)c(N3C[C@@H](C)C[C@H]3C(=O)NCC#N)c2)cc1. The van der Waals surface area contributed by atoms with Gasteiger partial charge in [0.2, 0.25) is 5.91 Å². The van der Waals surface area contributed by atoms with Crippen molar-refractivity contribution >= 4 is 29.0 Å². The van der Waals surface area contributed by atoms with E-state index in [4.69, 9.17) is 16.9 Å². The van der Waals surface area contributed by atoms with Gasteiger partial charge in [-0.25, -0.2) is 0 Å². The summed E-state index contributed by atoms with van der Waals surface area (Å²) in [4.78, 5) is 26.4. The Hall–Kier alpha value is -2.84. The number of carbonyl (C=O) groups is 2. The number of ketones is 1. The highest BCUT2D eigenvalue weighted by molar-refractivity contribution is 6.33. The maximum atomic E-state index is 12.6. The van der Waals surface area contributed by atoms with Crippen molar-refractivity contribution in [2.24, 2.45) is 5.92 Å². The normalized spacial score (nSPS) is 18.3. The van der Waals surface area contributed by atoms with E-state index in [0.29, 0.717) is 29.3 Å². The predicted octanol–water partition coefficient (Wildman–Crippen LogP) is 4.45. The van der Waals surface area contributed by atoms with Crippen LogP contribution in [0, 0.1) is 17.2 Å². The van der Waals surface area contributed by atoms with Crippen molar-refractivity contribution in [1.82, 2.24) is 5.32 Å². The molecule has 1 N–H and O–H groups in total. The van der Waals surface area contributed by atoms with Crippen LogP contribution in [0.3, 0.4) is 0 Å². The Kier molecular flexibility index (Phi) is 6.56. The zero-order chi connectivity index (χ0) is 21.0. The fourth-order valence-corrected chi connectivity index (χ4v) is 4.00. The average Bonchev–Trinajstić information content (AvgIpc) is 3.13. The number of nitrogens with zero attached hydrogens (tertiary/aromatic N) is 2. The molecule has 0 aliphatic carbocycles. The molecule has 0 saturated carbocycles. The molecule has 5 nitrogen and oxygen atoms in total. The lowest BCUT2D eigenvalue weighted by atomic mass is 10.0. The van der Waals surface area contributed by atoms with Gasteiger partial charge in [0, 0.05) is 18.5 Å². The molecular formula is C23H24ClN3O2. The maximum Gasteiger partial charge on any atom is 0.243 e. The molecule has 0 radical (unpaired) electrons. The van der Waals surface area contributed by atoms with Crippen molar-refractivity contribution in [2.75, 3.05) is 18.0 Å². The van der Waals surface area contributed by atoms with Crippen LogP contribution in [0.25, 0.3) is 11.1 Å². The Morgan fingerprint density at radius 1 is 1.21 bits per heavy atom. The fraction of sp³-hybridized carbons (Fsp3) is 0.348. The molecule has 3 rings (SSSR count). The number of halogens is 1. The van der Waals surface area contributed by atoms with Crippen molar-refractivity contribution < 1.29 is 9.59 Å². The first-order valence-electron chi connectivity index (χ1n) is 9.79. The first-order valence-corrected chi connectivity index (χ1v) is 10.2. The fourth-order valence-electron chi connectivity index (χ4n) is 3.77. The first-order chi connectivity index (χ1) is 13.9. The van der Waals surface area contributed by atoms with Gasteiger partial charge >= 0.3 is 0 Å². The topological polar surface area (TPSA) is 73.2 Å². The summed E-state index contributed by atoms with van der Waals surface area (Å²) in [6.07, 6.45) is 1.19. The molecule has 2 aromatic carbocycles. The minimum Gasteiger partial charge on any atom is -0.358 e. The number of amides is 1. The summed E-state index contributed by atoms with van der Waals surface area (Å²) in [5, 5.41) is 12.0. The standard InChI is InChI=1S/C23H24ClN3O2/c1-3-22(28)17-6-4-16(5-7-17)18-8-9-19(24)20(13-18)27-14-15(2)12-21(27)23(29)26-11-10-25/h4-9,13,15,21H,3,11-12,14H2,1-2H3,(H,26,29)/t15-,21-/m0/s1. The van der Waals surface area contributed by atoms with E-state index in [9.17, 15) is 9.59 Å². The van der Waals surface area contributed by atoms with Crippen molar-refractivity contribution in [3.63, 3.8) is 0 Å². The summed E-state index contributed by atoms with van der Waals surface area (Å²) in [5.74, 6) is 0.303. The van der Waals surface area contributed by atoms with Crippen molar-refractivity contribution in [2.45, 2.75) is 32.7 Å². The van der Waals surface area contributed by atoms with Gasteiger partial charge in [0.15, 0.2) is 5.78 Å². The number of hydrogen-bond acceptors (Lipinski definition) is 4. The van der Waals surface area contributed by atoms with Crippen LogP contribution >= 0.6 is 11.6 Å². The van der Waals surface area contributed by atoms with Gasteiger partial charge in [-0.2, -0.15) is 5.26 Å². The highest BCUT2D eigenvalue weighted by atomic mass is 35.5. The van der Waals surface area contributed by atoms with Crippen LogP contribution in [0.1, 0.15) is 37.0 Å². The minimum atomic E-state index is -0.351. The number of nitriles is 1. The van der Waals surface area contributed by atoms with E-state index in [-0.39, 0.29) is 24.3 Å². The lowest BCUT2D eigenvalue weighted by Gasteiger charge is -2.27.